The van der Waals surface area contributed by atoms with Gasteiger partial charge in [-0.05, 0) is 69.2 Å². The molecule has 1 N–H and O–H groups in total. The third kappa shape index (κ3) is 4.70. The zero-order valence-electron chi connectivity index (χ0n) is 22.4. The zero-order valence-corrected chi connectivity index (χ0v) is 23.2. The Morgan fingerprint density at radius 2 is 1.59 bits per heavy atom. The Bertz CT molecular complexity index is 1840. The van der Waals surface area contributed by atoms with Gasteiger partial charge >= 0.3 is 0 Å². The van der Waals surface area contributed by atoms with Gasteiger partial charge in [0.05, 0.1) is 33.2 Å². The number of carbonyl (C=O) groups excluding carboxylic acids is 1. The van der Waals surface area contributed by atoms with E-state index in [0.717, 1.165) is 16.8 Å². The van der Waals surface area contributed by atoms with Crippen molar-refractivity contribution in [3.63, 3.8) is 0 Å². The van der Waals surface area contributed by atoms with E-state index in [4.69, 9.17) is 4.98 Å². The highest BCUT2D eigenvalue weighted by Gasteiger charge is 2.24. The Hall–Kier alpha value is -4.37. The lowest BCUT2D eigenvalue weighted by molar-refractivity contribution is -0.115. The molecule has 0 aliphatic heterocycles. The van der Waals surface area contributed by atoms with Gasteiger partial charge in [0.25, 0.3) is 11.1 Å². The maximum atomic E-state index is 13.7. The molecule has 9 heteroatoms. The van der Waals surface area contributed by atoms with Gasteiger partial charge in [0.15, 0.2) is 5.16 Å². The first-order valence-electron chi connectivity index (χ1n) is 12.6. The number of anilines is 1. The van der Waals surface area contributed by atoms with Crippen molar-refractivity contribution >= 4 is 34.3 Å². The van der Waals surface area contributed by atoms with E-state index < -0.39 is 5.25 Å². The third-order valence-corrected chi connectivity index (χ3v) is 8.07. The van der Waals surface area contributed by atoms with Crippen molar-refractivity contribution in [3.8, 4) is 11.4 Å². The number of thioether (sulfide) groups is 1. The average Bonchev–Trinajstić information content (AvgIpc) is 3.14. The summed E-state index contributed by atoms with van der Waals surface area (Å²) in [5.41, 5.74) is 4.32. The SMILES string of the molecule is Cc1cccc(-n2c(SC(C)C(=O)Nc3c(C)n(C)n(-c4ccccc4)c3=O)nc3ccccc3c2=O)c1C. The fourth-order valence-corrected chi connectivity index (χ4v) is 5.45. The van der Waals surface area contributed by atoms with E-state index in [0.29, 0.717) is 27.4 Å². The summed E-state index contributed by atoms with van der Waals surface area (Å²) in [4.78, 5) is 45.1. The molecule has 0 aliphatic rings. The molecule has 0 saturated heterocycles. The van der Waals surface area contributed by atoms with Gasteiger partial charge in [0, 0.05) is 7.05 Å². The molecule has 39 heavy (non-hydrogen) atoms. The topological polar surface area (TPSA) is 90.9 Å². The van der Waals surface area contributed by atoms with E-state index in [1.165, 1.54) is 16.4 Å². The standard InChI is InChI=1S/C30H29N5O3S/c1-18-12-11-17-25(19(18)2)34-28(37)23-15-9-10-16-24(23)31-30(34)39-21(4)27(36)32-26-20(3)33(5)35(29(26)38)22-13-7-6-8-14-22/h6-17,21H,1-5H3,(H,32,36). The maximum absolute atomic E-state index is 13.7. The summed E-state index contributed by atoms with van der Waals surface area (Å²) in [6, 6.07) is 22.2. The van der Waals surface area contributed by atoms with Gasteiger partial charge in [-0.25, -0.2) is 9.67 Å². The second-order valence-corrected chi connectivity index (χ2v) is 10.8. The highest BCUT2D eigenvalue weighted by molar-refractivity contribution is 8.00. The van der Waals surface area contributed by atoms with Crippen LogP contribution in [0.3, 0.4) is 0 Å². The van der Waals surface area contributed by atoms with Gasteiger partial charge in [0.2, 0.25) is 5.91 Å². The van der Waals surface area contributed by atoms with Crippen LogP contribution in [0.4, 0.5) is 5.69 Å². The number of nitrogens with zero attached hydrogens (tertiary/aromatic N) is 4. The molecule has 0 aliphatic carbocycles. The van der Waals surface area contributed by atoms with Gasteiger partial charge < -0.3 is 5.32 Å². The van der Waals surface area contributed by atoms with E-state index in [2.05, 4.69) is 5.32 Å². The first-order chi connectivity index (χ1) is 18.7. The van der Waals surface area contributed by atoms with E-state index in [1.54, 1.807) is 42.3 Å². The van der Waals surface area contributed by atoms with Crippen LogP contribution in [0.2, 0.25) is 0 Å². The van der Waals surface area contributed by atoms with Gasteiger partial charge in [-0.1, -0.05) is 54.2 Å². The van der Waals surface area contributed by atoms with Crippen LogP contribution in [-0.4, -0.2) is 30.1 Å². The molecule has 2 heterocycles. The molecule has 0 saturated carbocycles. The molecule has 3 aromatic carbocycles. The van der Waals surface area contributed by atoms with Crippen LogP contribution >= 0.6 is 11.8 Å². The maximum Gasteiger partial charge on any atom is 0.295 e. The number of benzene rings is 3. The van der Waals surface area contributed by atoms with Crippen LogP contribution in [0.25, 0.3) is 22.3 Å². The van der Waals surface area contributed by atoms with Crippen molar-refractivity contribution in [1.82, 2.24) is 18.9 Å². The molecule has 2 aromatic heterocycles. The lowest BCUT2D eigenvalue weighted by atomic mass is 10.1. The number of nitrogens with one attached hydrogen (secondary N) is 1. The minimum Gasteiger partial charge on any atom is -0.319 e. The van der Waals surface area contributed by atoms with Gasteiger partial charge in [0.1, 0.15) is 5.69 Å². The van der Waals surface area contributed by atoms with Crippen molar-refractivity contribution < 1.29 is 4.79 Å². The van der Waals surface area contributed by atoms with Crippen LogP contribution < -0.4 is 16.4 Å². The lowest BCUT2D eigenvalue weighted by Crippen LogP contribution is -2.29. The average molecular weight is 540 g/mol. The summed E-state index contributed by atoms with van der Waals surface area (Å²) in [5, 5.41) is 3.08. The molecule has 1 amide bonds. The number of para-hydroxylation sites is 2. The lowest BCUT2D eigenvalue weighted by Gasteiger charge is -2.18. The number of carbonyl (C=O) groups is 1. The van der Waals surface area contributed by atoms with Crippen LogP contribution in [-0.2, 0) is 11.8 Å². The number of hydrogen-bond donors (Lipinski definition) is 1. The first-order valence-corrected chi connectivity index (χ1v) is 13.5. The summed E-state index contributed by atoms with van der Waals surface area (Å²) >= 11 is 1.18. The van der Waals surface area contributed by atoms with Crippen LogP contribution in [0.5, 0.6) is 0 Å². The molecule has 5 aromatic rings. The Morgan fingerprint density at radius 1 is 0.897 bits per heavy atom. The molecule has 0 fully saturated rings. The third-order valence-electron chi connectivity index (χ3n) is 7.02. The van der Waals surface area contributed by atoms with Crippen molar-refractivity contribution in [2.24, 2.45) is 7.05 Å². The molecule has 198 valence electrons. The molecular weight excluding hydrogens is 510 g/mol. The molecule has 1 unspecified atom stereocenters. The highest BCUT2D eigenvalue weighted by Crippen LogP contribution is 2.28. The Labute approximate surface area is 229 Å². The Balaban J connectivity index is 1.52. The molecule has 8 nitrogen and oxygen atoms in total. The van der Waals surface area contributed by atoms with Crippen molar-refractivity contribution in [2.45, 2.75) is 38.1 Å². The molecule has 0 bridgehead atoms. The fourth-order valence-electron chi connectivity index (χ4n) is 4.53. The number of rotatable bonds is 6. The monoisotopic (exact) mass is 539 g/mol. The molecule has 0 spiro atoms. The Morgan fingerprint density at radius 3 is 2.33 bits per heavy atom. The van der Waals surface area contributed by atoms with Gasteiger partial charge in [-0.2, -0.15) is 0 Å². The summed E-state index contributed by atoms with van der Waals surface area (Å²) in [6.07, 6.45) is 0. The zero-order chi connectivity index (χ0) is 27.8. The predicted octanol–water partition coefficient (Wildman–Crippen LogP) is 4.92. The quantitative estimate of drug-likeness (QED) is 0.244. The second kappa shape index (κ2) is 10.4. The number of aryl methyl sites for hydroxylation is 1. The van der Waals surface area contributed by atoms with E-state index in [9.17, 15) is 14.4 Å². The number of amides is 1. The normalized spacial score (nSPS) is 12.0. The number of fused-ring (bicyclic) bond motifs is 1. The molecule has 1 atom stereocenters. The van der Waals surface area contributed by atoms with Crippen molar-refractivity contribution in [1.29, 1.82) is 0 Å². The second-order valence-electron chi connectivity index (χ2n) is 9.46. The van der Waals surface area contributed by atoms with Crippen molar-refractivity contribution in [2.75, 3.05) is 5.32 Å². The minimum atomic E-state index is -0.654. The summed E-state index contributed by atoms with van der Waals surface area (Å²) in [5.74, 6) is -0.360. The largest absolute Gasteiger partial charge is 0.319 e. The summed E-state index contributed by atoms with van der Waals surface area (Å²) < 4.78 is 4.81. The van der Waals surface area contributed by atoms with Crippen molar-refractivity contribution in [3.05, 3.63) is 110 Å². The van der Waals surface area contributed by atoms with E-state index in [-0.39, 0.29) is 22.7 Å². The van der Waals surface area contributed by atoms with Crippen LogP contribution in [0.15, 0.2) is 87.5 Å². The van der Waals surface area contributed by atoms with Crippen LogP contribution in [0, 0.1) is 20.8 Å². The summed E-state index contributed by atoms with van der Waals surface area (Å²) in [6.45, 7) is 7.48. The smallest absolute Gasteiger partial charge is 0.295 e. The van der Waals surface area contributed by atoms with Crippen LogP contribution in [0.1, 0.15) is 23.7 Å². The molecule has 5 rings (SSSR count). The van der Waals surface area contributed by atoms with Gasteiger partial charge in [-0.15, -0.1) is 0 Å². The fraction of sp³-hybridized carbons (Fsp3) is 0.200. The Kier molecular flexibility index (Phi) is 7.01. The summed E-state index contributed by atoms with van der Waals surface area (Å²) in [7, 11) is 1.78. The van der Waals surface area contributed by atoms with Gasteiger partial charge in [-0.3, -0.25) is 23.6 Å². The minimum absolute atomic E-state index is 0.200. The van der Waals surface area contributed by atoms with E-state index in [1.807, 2.05) is 74.5 Å². The molecular formula is C30H29N5O3S. The van der Waals surface area contributed by atoms with E-state index >= 15 is 0 Å². The highest BCUT2D eigenvalue weighted by atomic mass is 32.2. The number of hydrogen-bond acceptors (Lipinski definition) is 5. The predicted molar refractivity (Wildman–Crippen MR) is 157 cm³/mol. The number of aromatic nitrogens is 4. The molecule has 0 radical (unpaired) electrons. The first kappa shape index (κ1) is 26.2.